The van der Waals surface area contributed by atoms with E-state index < -0.39 is 5.91 Å². The third kappa shape index (κ3) is 5.80. The van der Waals surface area contributed by atoms with E-state index in [2.05, 4.69) is 15.5 Å². The number of anilines is 1. The van der Waals surface area contributed by atoms with Crippen molar-refractivity contribution in [3.8, 4) is 0 Å². The molecule has 0 spiro atoms. The van der Waals surface area contributed by atoms with Crippen molar-refractivity contribution in [2.45, 2.75) is 36.9 Å². The number of aromatic nitrogens is 5. The van der Waals surface area contributed by atoms with Gasteiger partial charge in [0.15, 0.2) is 4.34 Å². The average molecular weight is 596 g/mol. The maximum atomic E-state index is 13.5. The largest absolute Gasteiger partial charge is 0.382 e. The second-order valence-electron chi connectivity index (χ2n) is 8.86. The quantitative estimate of drug-likeness (QED) is 0.102. The Morgan fingerprint density at radius 1 is 1.20 bits per heavy atom. The summed E-state index contributed by atoms with van der Waals surface area (Å²) in [6.45, 7) is 5.19. The zero-order valence-corrected chi connectivity index (χ0v) is 24.2. The fourth-order valence-corrected chi connectivity index (χ4v) is 6.23. The predicted molar refractivity (Wildman–Crippen MR) is 158 cm³/mol. The van der Waals surface area contributed by atoms with Crippen LogP contribution in [0.2, 0.25) is 5.02 Å². The Bertz CT molecular complexity index is 1830. The topological polar surface area (TPSA) is 127 Å². The van der Waals surface area contributed by atoms with E-state index in [0.717, 1.165) is 11.1 Å². The van der Waals surface area contributed by atoms with Crippen LogP contribution >= 0.6 is 34.7 Å². The molecule has 0 aliphatic rings. The van der Waals surface area contributed by atoms with Crippen LogP contribution in [0.3, 0.4) is 0 Å². The van der Waals surface area contributed by atoms with Crippen molar-refractivity contribution in [1.29, 1.82) is 5.41 Å². The number of aryl methyl sites for hydroxylation is 2. The second-order valence-corrected chi connectivity index (χ2v) is 11.5. The van der Waals surface area contributed by atoms with Gasteiger partial charge in [0.2, 0.25) is 5.13 Å². The standard InChI is InChI=1S/C27H26ClN7O3S2/c1-3-38-13-7-12-34-21(29)18(14-19-23(34)30-22-16(2)8-6-11-35(22)25(19)37)24(36)31-26-32-33-27(40-26)39-15-17-9-4-5-10-20(17)28/h4-6,8-11,14,29H,3,7,12-13,15H2,1-2H3,(H,31,32,36). The molecule has 0 unspecified atom stereocenters. The lowest BCUT2D eigenvalue weighted by Crippen LogP contribution is -2.32. The maximum absolute atomic E-state index is 13.5. The minimum atomic E-state index is -0.557. The smallest absolute Gasteiger partial charge is 0.267 e. The number of benzene rings is 1. The van der Waals surface area contributed by atoms with Crippen molar-refractivity contribution < 1.29 is 9.53 Å². The molecule has 4 heterocycles. The van der Waals surface area contributed by atoms with Gasteiger partial charge < -0.3 is 9.30 Å². The summed E-state index contributed by atoms with van der Waals surface area (Å²) < 4.78 is 9.19. The maximum Gasteiger partial charge on any atom is 0.267 e. The first-order valence-electron chi connectivity index (χ1n) is 12.6. The first kappa shape index (κ1) is 28.0. The summed E-state index contributed by atoms with van der Waals surface area (Å²) in [7, 11) is 0. The van der Waals surface area contributed by atoms with E-state index in [-0.39, 0.29) is 27.1 Å². The number of rotatable bonds is 10. The van der Waals surface area contributed by atoms with E-state index in [9.17, 15) is 9.59 Å². The second kappa shape index (κ2) is 12.3. The summed E-state index contributed by atoms with van der Waals surface area (Å²) in [6, 6.07) is 12.7. The van der Waals surface area contributed by atoms with E-state index in [1.54, 1.807) is 16.8 Å². The van der Waals surface area contributed by atoms with Crippen LogP contribution in [0.5, 0.6) is 0 Å². The minimum Gasteiger partial charge on any atom is -0.382 e. The highest BCUT2D eigenvalue weighted by Crippen LogP contribution is 2.30. The number of amides is 1. The van der Waals surface area contributed by atoms with Crippen LogP contribution in [0.1, 0.15) is 34.8 Å². The number of thioether (sulfide) groups is 1. The Labute approximate surface area is 242 Å². The Kier molecular flexibility index (Phi) is 8.60. The van der Waals surface area contributed by atoms with Gasteiger partial charge in [-0.25, -0.2) is 4.98 Å². The summed E-state index contributed by atoms with van der Waals surface area (Å²) in [6.07, 6.45) is 2.23. The molecule has 1 aromatic carbocycles. The number of nitrogens with zero attached hydrogens (tertiary/aromatic N) is 5. The number of carbonyl (C=O) groups excluding carboxylic acids is 1. The summed E-state index contributed by atoms with van der Waals surface area (Å²) in [5, 5.41) is 21.1. The molecule has 0 aliphatic carbocycles. The molecular formula is C27H26ClN7O3S2. The van der Waals surface area contributed by atoms with Crippen LogP contribution in [-0.4, -0.2) is 43.3 Å². The molecule has 0 atom stereocenters. The lowest BCUT2D eigenvalue weighted by Gasteiger charge is -2.15. The molecular weight excluding hydrogens is 570 g/mol. The molecule has 40 heavy (non-hydrogen) atoms. The van der Waals surface area contributed by atoms with Gasteiger partial charge in [0.25, 0.3) is 11.5 Å². The lowest BCUT2D eigenvalue weighted by atomic mass is 10.2. The minimum absolute atomic E-state index is 0.0379. The number of hydrogen-bond acceptors (Lipinski definition) is 9. The van der Waals surface area contributed by atoms with Gasteiger partial charge in [0.1, 0.15) is 16.8 Å². The van der Waals surface area contributed by atoms with Crippen molar-refractivity contribution in [2.24, 2.45) is 0 Å². The fraction of sp³-hybridized carbons (Fsp3) is 0.259. The SMILES string of the molecule is CCOCCCn1c(=N)c(C(=O)Nc2nnc(SCc3ccccc3Cl)s2)cc2c(=O)n3cccc(C)c3nc21. The highest BCUT2D eigenvalue weighted by molar-refractivity contribution is 8.00. The normalized spacial score (nSPS) is 11.4. The van der Waals surface area contributed by atoms with Crippen LogP contribution in [0, 0.1) is 12.3 Å². The Morgan fingerprint density at radius 2 is 2.02 bits per heavy atom. The molecule has 5 rings (SSSR count). The van der Waals surface area contributed by atoms with Crippen molar-refractivity contribution in [2.75, 3.05) is 18.5 Å². The highest BCUT2D eigenvalue weighted by atomic mass is 35.5. The van der Waals surface area contributed by atoms with Gasteiger partial charge in [-0.2, -0.15) is 0 Å². The molecule has 0 saturated heterocycles. The Balaban J connectivity index is 1.47. The third-order valence-electron chi connectivity index (χ3n) is 6.19. The summed E-state index contributed by atoms with van der Waals surface area (Å²) in [5.41, 5.74) is 2.33. The molecule has 2 N–H and O–H groups in total. The molecule has 0 bridgehead atoms. The number of fused-ring (bicyclic) bond motifs is 2. The Hall–Kier alpha value is -3.58. The van der Waals surface area contributed by atoms with Crippen LogP contribution in [0.25, 0.3) is 16.7 Å². The van der Waals surface area contributed by atoms with E-state index in [1.165, 1.54) is 33.6 Å². The van der Waals surface area contributed by atoms with E-state index in [1.807, 2.05) is 44.2 Å². The summed E-state index contributed by atoms with van der Waals surface area (Å²) in [5.74, 6) is 0.0497. The average Bonchev–Trinajstić information content (AvgIpc) is 3.39. The van der Waals surface area contributed by atoms with Crippen LogP contribution in [0.4, 0.5) is 5.13 Å². The fourth-order valence-electron chi connectivity index (χ4n) is 4.19. The van der Waals surface area contributed by atoms with Crippen molar-refractivity contribution >= 4 is 62.4 Å². The van der Waals surface area contributed by atoms with Gasteiger partial charge in [-0.3, -0.25) is 24.7 Å². The predicted octanol–water partition coefficient (Wildman–Crippen LogP) is 4.91. The highest BCUT2D eigenvalue weighted by Gasteiger charge is 2.19. The number of hydrogen-bond donors (Lipinski definition) is 2. The molecule has 0 fully saturated rings. The monoisotopic (exact) mass is 595 g/mol. The van der Waals surface area contributed by atoms with Gasteiger partial charge >= 0.3 is 0 Å². The number of halogens is 1. The molecule has 10 nitrogen and oxygen atoms in total. The molecule has 206 valence electrons. The van der Waals surface area contributed by atoms with E-state index in [0.29, 0.717) is 52.6 Å². The van der Waals surface area contributed by atoms with Crippen LogP contribution in [-0.2, 0) is 17.0 Å². The molecule has 0 aliphatic heterocycles. The van der Waals surface area contributed by atoms with Crippen LogP contribution in [0.15, 0.2) is 57.8 Å². The zero-order valence-electron chi connectivity index (χ0n) is 21.8. The van der Waals surface area contributed by atoms with Crippen molar-refractivity contribution in [1.82, 2.24) is 24.1 Å². The first-order valence-corrected chi connectivity index (χ1v) is 14.7. The number of carbonyl (C=O) groups is 1. The molecule has 13 heteroatoms. The Morgan fingerprint density at radius 3 is 2.83 bits per heavy atom. The molecule has 1 amide bonds. The molecule has 5 aromatic rings. The first-order chi connectivity index (χ1) is 19.4. The van der Waals surface area contributed by atoms with Crippen LogP contribution < -0.4 is 16.4 Å². The van der Waals surface area contributed by atoms with Gasteiger partial charge in [-0.1, -0.05) is 59.0 Å². The lowest BCUT2D eigenvalue weighted by molar-refractivity contribution is 0.102. The van der Waals surface area contributed by atoms with E-state index in [4.69, 9.17) is 26.7 Å². The van der Waals surface area contributed by atoms with Gasteiger partial charge in [-0.05, 0) is 49.6 Å². The molecule has 4 aromatic heterocycles. The molecule has 0 radical (unpaired) electrons. The van der Waals surface area contributed by atoms with E-state index >= 15 is 0 Å². The number of pyridine rings is 2. The van der Waals surface area contributed by atoms with Crippen molar-refractivity contribution in [3.63, 3.8) is 0 Å². The van der Waals surface area contributed by atoms with Gasteiger partial charge in [-0.15, -0.1) is 10.2 Å². The van der Waals surface area contributed by atoms with Crippen molar-refractivity contribution in [3.05, 3.63) is 86.2 Å². The summed E-state index contributed by atoms with van der Waals surface area (Å²) >= 11 is 8.93. The molecule has 0 saturated carbocycles. The van der Waals surface area contributed by atoms with Gasteiger partial charge in [0, 0.05) is 36.7 Å². The third-order valence-corrected chi connectivity index (χ3v) is 8.58. The number of ether oxygens (including phenoxy) is 1. The summed E-state index contributed by atoms with van der Waals surface area (Å²) in [4.78, 5) is 31.6. The zero-order chi connectivity index (χ0) is 28.2. The number of nitrogens with one attached hydrogen (secondary N) is 2. The van der Waals surface area contributed by atoms with Gasteiger partial charge in [0.05, 0.1) is 10.9 Å².